The van der Waals surface area contributed by atoms with Gasteiger partial charge in [-0.3, -0.25) is 0 Å². The molecule has 0 unspecified atom stereocenters. The lowest BCUT2D eigenvalue weighted by molar-refractivity contribution is 0.673. The Morgan fingerprint density at radius 3 is 1.47 bits per heavy atom. The van der Waals surface area contributed by atoms with E-state index in [1.54, 1.807) is 0 Å². The second-order valence-corrected chi connectivity index (χ2v) is 12.8. The maximum Gasteiger partial charge on any atom is 0.164 e. The summed E-state index contributed by atoms with van der Waals surface area (Å²) < 4.78 is 6.51. The summed E-state index contributed by atoms with van der Waals surface area (Å²) in [5.41, 5.74) is 9.14. The first-order valence-electron chi connectivity index (χ1n) is 17.1. The van der Waals surface area contributed by atoms with Gasteiger partial charge in [0.05, 0.1) is 0 Å². The SMILES string of the molecule is c1ccc(-c2cccc(-c3cccc(-c4nc(-c5ccccc5)nc(-c5ccc6c7ccccc7c7oc8ccccc8c7c6c5)n4)c3)c2)cc1. The van der Waals surface area contributed by atoms with Crippen LogP contribution in [0.3, 0.4) is 0 Å². The van der Waals surface area contributed by atoms with E-state index in [2.05, 4.69) is 127 Å². The van der Waals surface area contributed by atoms with Crippen LogP contribution >= 0.6 is 0 Å². The minimum atomic E-state index is 0.617. The van der Waals surface area contributed by atoms with Crippen LogP contribution in [-0.4, -0.2) is 15.0 Å². The van der Waals surface area contributed by atoms with Gasteiger partial charge >= 0.3 is 0 Å². The van der Waals surface area contributed by atoms with Gasteiger partial charge in [0.25, 0.3) is 0 Å². The van der Waals surface area contributed by atoms with Crippen LogP contribution in [0.4, 0.5) is 0 Å². The molecule has 0 N–H and O–H groups in total. The predicted molar refractivity (Wildman–Crippen MR) is 209 cm³/mol. The highest BCUT2D eigenvalue weighted by molar-refractivity contribution is 6.30. The van der Waals surface area contributed by atoms with Gasteiger partial charge in [-0.2, -0.15) is 0 Å². The molecule has 8 aromatic carbocycles. The zero-order valence-corrected chi connectivity index (χ0v) is 27.5. The summed E-state index contributed by atoms with van der Waals surface area (Å²) in [5, 5.41) is 6.72. The molecule has 0 aliphatic rings. The first-order valence-corrected chi connectivity index (χ1v) is 17.1. The van der Waals surface area contributed by atoms with Crippen molar-refractivity contribution in [2.45, 2.75) is 0 Å². The van der Waals surface area contributed by atoms with E-state index < -0.39 is 0 Å². The van der Waals surface area contributed by atoms with Crippen molar-refractivity contribution in [1.29, 1.82) is 0 Å². The molecule has 0 spiro atoms. The molecule has 0 atom stereocenters. The van der Waals surface area contributed by atoms with E-state index in [0.29, 0.717) is 17.5 Å². The molecule has 0 saturated heterocycles. The molecule has 10 aromatic rings. The topological polar surface area (TPSA) is 51.8 Å². The number of benzene rings is 8. The average molecular weight is 652 g/mol. The van der Waals surface area contributed by atoms with Crippen molar-refractivity contribution in [3.8, 4) is 56.4 Å². The van der Waals surface area contributed by atoms with Crippen molar-refractivity contribution < 1.29 is 4.42 Å². The number of rotatable bonds is 5. The largest absolute Gasteiger partial charge is 0.455 e. The zero-order valence-electron chi connectivity index (χ0n) is 27.5. The lowest BCUT2D eigenvalue weighted by Crippen LogP contribution is -2.00. The number of fused-ring (bicyclic) bond motifs is 8. The molecular weight excluding hydrogens is 623 g/mol. The van der Waals surface area contributed by atoms with Crippen molar-refractivity contribution in [3.63, 3.8) is 0 Å². The van der Waals surface area contributed by atoms with Gasteiger partial charge in [0.15, 0.2) is 17.5 Å². The Bertz CT molecular complexity index is 2910. The zero-order chi connectivity index (χ0) is 33.7. The summed E-state index contributed by atoms with van der Waals surface area (Å²) in [6, 6.07) is 61.0. The molecule has 10 rings (SSSR count). The van der Waals surface area contributed by atoms with Crippen LogP contribution < -0.4 is 0 Å². The van der Waals surface area contributed by atoms with Crippen molar-refractivity contribution in [2.24, 2.45) is 0 Å². The van der Waals surface area contributed by atoms with E-state index in [-0.39, 0.29) is 0 Å². The summed E-state index contributed by atoms with van der Waals surface area (Å²) in [5.74, 6) is 1.87. The van der Waals surface area contributed by atoms with E-state index in [9.17, 15) is 0 Å². The summed E-state index contributed by atoms with van der Waals surface area (Å²) >= 11 is 0. The third-order valence-corrected chi connectivity index (χ3v) is 9.70. The fourth-order valence-corrected chi connectivity index (χ4v) is 7.24. The van der Waals surface area contributed by atoms with E-state index in [0.717, 1.165) is 71.3 Å². The fourth-order valence-electron chi connectivity index (χ4n) is 7.24. The van der Waals surface area contributed by atoms with E-state index >= 15 is 0 Å². The van der Waals surface area contributed by atoms with Gasteiger partial charge in [-0.25, -0.2) is 15.0 Å². The van der Waals surface area contributed by atoms with Crippen LogP contribution in [0.5, 0.6) is 0 Å². The minimum absolute atomic E-state index is 0.617. The predicted octanol–water partition coefficient (Wildman–Crippen LogP) is 12.4. The molecule has 0 fully saturated rings. The number of hydrogen-bond acceptors (Lipinski definition) is 4. The maximum atomic E-state index is 6.51. The lowest BCUT2D eigenvalue weighted by Gasteiger charge is -2.12. The number of nitrogens with zero attached hydrogens (tertiary/aromatic N) is 3. The minimum Gasteiger partial charge on any atom is -0.455 e. The molecular formula is C47H29N3O. The third kappa shape index (κ3) is 5.04. The summed E-state index contributed by atoms with van der Waals surface area (Å²) in [7, 11) is 0. The molecule has 4 nitrogen and oxygen atoms in total. The third-order valence-electron chi connectivity index (χ3n) is 9.70. The molecule has 2 heterocycles. The Kier molecular flexibility index (Phi) is 6.78. The van der Waals surface area contributed by atoms with Gasteiger partial charge < -0.3 is 4.42 Å². The summed E-state index contributed by atoms with van der Waals surface area (Å²) in [6.07, 6.45) is 0. The van der Waals surface area contributed by atoms with E-state index in [4.69, 9.17) is 19.4 Å². The van der Waals surface area contributed by atoms with Gasteiger partial charge in [0.2, 0.25) is 0 Å². The molecule has 51 heavy (non-hydrogen) atoms. The van der Waals surface area contributed by atoms with Crippen molar-refractivity contribution in [1.82, 2.24) is 15.0 Å². The van der Waals surface area contributed by atoms with Crippen molar-refractivity contribution in [2.75, 3.05) is 0 Å². The molecule has 0 saturated carbocycles. The van der Waals surface area contributed by atoms with Crippen LogP contribution in [0.25, 0.3) is 99.9 Å². The molecule has 2 aromatic heterocycles. The highest BCUT2D eigenvalue weighted by Crippen LogP contribution is 2.42. The van der Waals surface area contributed by atoms with Crippen LogP contribution in [0.1, 0.15) is 0 Å². The number of para-hydroxylation sites is 1. The van der Waals surface area contributed by atoms with E-state index in [1.807, 2.05) is 48.5 Å². The quantitative estimate of drug-likeness (QED) is 0.174. The van der Waals surface area contributed by atoms with Gasteiger partial charge in [-0.15, -0.1) is 0 Å². The molecule has 0 aliphatic heterocycles. The van der Waals surface area contributed by atoms with Crippen LogP contribution in [-0.2, 0) is 0 Å². The molecule has 0 radical (unpaired) electrons. The molecule has 0 amide bonds. The van der Waals surface area contributed by atoms with Gasteiger partial charge in [0, 0.05) is 32.8 Å². The Labute approximate surface area is 294 Å². The standard InChI is InChI=1S/C47H29N3O/c1-3-13-30(14-4-1)32-17-11-18-33(27-32)34-19-12-20-35(28-34)46-48-45(31-15-5-2-6-16-31)49-47(50-46)36-25-26-38-37-21-7-8-22-39(37)44-43(41(38)29-36)40-23-9-10-24-42(40)51-44/h1-29H. The second-order valence-electron chi connectivity index (χ2n) is 12.8. The highest BCUT2D eigenvalue weighted by Gasteiger charge is 2.18. The number of aromatic nitrogens is 3. The normalized spacial score (nSPS) is 11.5. The molecule has 238 valence electrons. The number of hydrogen-bond donors (Lipinski definition) is 0. The summed E-state index contributed by atoms with van der Waals surface area (Å²) in [4.78, 5) is 15.3. The first-order chi connectivity index (χ1) is 25.3. The van der Waals surface area contributed by atoms with Crippen molar-refractivity contribution in [3.05, 3.63) is 176 Å². The smallest absolute Gasteiger partial charge is 0.164 e. The monoisotopic (exact) mass is 651 g/mol. The molecule has 0 bridgehead atoms. The van der Waals surface area contributed by atoms with Gasteiger partial charge in [-0.1, -0.05) is 152 Å². The second kappa shape index (κ2) is 11.9. The Balaban J connectivity index is 1.16. The number of furan rings is 1. The van der Waals surface area contributed by atoms with Crippen LogP contribution in [0.15, 0.2) is 180 Å². The highest BCUT2D eigenvalue weighted by atomic mass is 16.3. The summed E-state index contributed by atoms with van der Waals surface area (Å²) in [6.45, 7) is 0. The average Bonchev–Trinajstić information content (AvgIpc) is 3.62. The lowest BCUT2D eigenvalue weighted by atomic mass is 9.95. The van der Waals surface area contributed by atoms with Crippen molar-refractivity contribution >= 4 is 43.5 Å². The first kappa shape index (κ1) is 29.0. The maximum absolute atomic E-state index is 6.51. The fraction of sp³-hybridized carbons (Fsp3) is 0. The van der Waals surface area contributed by atoms with Gasteiger partial charge in [-0.05, 0) is 62.7 Å². The van der Waals surface area contributed by atoms with Crippen LogP contribution in [0, 0.1) is 0 Å². The molecule has 4 heteroatoms. The van der Waals surface area contributed by atoms with Gasteiger partial charge in [0.1, 0.15) is 11.2 Å². The van der Waals surface area contributed by atoms with Crippen LogP contribution in [0.2, 0.25) is 0 Å². The molecule has 0 aliphatic carbocycles. The van der Waals surface area contributed by atoms with E-state index in [1.165, 1.54) is 11.1 Å². The Hall–Kier alpha value is -6.91. The Morgan fingerprint density at radius 2 is 0.765 bits per heavy atom. The Morgan fingerprint density at radius 1 is 0.294 bits per heavy atom.